The number of unbranched alkanes of at least 4 members (excludes halogenated alkanes) is 13. The zero-order valence-corrected chi connectivity index (χ0v) is 43.0. The molecule has 0 heterocycles. The summed E-state index contributed by atoms with van der Waals surface area (Å²) in [6.07, 6.45) is 63.1. The van der Waals surface area contributed by atoms with E-state index in [0.717, 1.165) is 83.5 Å². The number of rotatable bonds is 46. The van der Waals surface area contributed by atoms with Gasteiger partial charge in [0, 0.05) is 12.8 Å². The van der Waals surface area contributed by atoms with Crippen LogP contribution in [0.3, 0.4) is 0 Å². The monoisotopic (exact) mass is 935 g/mol. The molecule has 380 valence electrons. The van der Waals surface area contributed by atoms with Crippen LogP contribution in [0, 0.1) is 0 Å². The van der Waals surface area contributed by atoms with E-state index in [4.69, 9.17) is 18.9 Å². The summed E-state index contributed by atoms with van der Waals surface area (Å²) in [4.78, 5) is 37.3. The predicted octanol–water partition coefficient (Wildman–Crippen LogP) is 14.8. The lowest BCUT2D eigenvalue weighted by Crippen LogP contribution is -2.40. The summed E-state index contributed by atoms with van der Waals surface area (Å²) in [7, 11) is 5.92. The SMILES string of the molecule is CC/C=C\C/C=C\C/C=C\C/C=C\C/C=C\C/C=C\CCC(=O)OC(COC(=O)CCCCCCCCCC/C=C\C/C=C\C/C=C\CCCCCCC)COC(OCC[N+](C)(C)C)C(=O)O. The molecule has 1 N–H and O–H groups in total. The van der Waals surface area contributed by atoms with Gasteiger partial charge in [0.1, 0.15) is 13.2 Å². The second-order valence-electron chi connectivity index (χ2n) is 18.1. The number of carbonyl (C=O) groups excluding carboxylic acids is 2. The number of carboxylic acid groups (broad SMARTS) is 1. The van der Waals surface area contributed by atoms with Gasteiger partial charge in [-0.3, -0.25) is 9.59 Å². The molecule has 0 radical (unpaired) electrons. The molecule has 0 aromatic rings. The first-order chi connectivity index (χ1) is 32.6. The molecule has 2 unspecified atom stereocenters. The van der Waals surface area contributed by atoms with Gasteiger partial charge in [0.25, 0.3) is 6.29 Å². The first kappa shape index (κ1) is 63.0. The van der Waals surface area contributed by atoms with Crippen molar-refractivity contribution in [3.05, 3.63) is 109 Å². The van der Waals surface area contributed by atoms with Gasteiger partial charge in [0.2, 0.25) is 0 Å². The molecule has 0 amide bonds. The number of nitrogens with zero attached hydrogens (tertiary/aromatic N) is 1. The maximum Gasteiger partial charge on any atom is 0.361 e. The maximum atomic E-state index is 12.8. The highest BCUT2D eigenvalue weighted by Crippen LogP contribution is 2.13. The minimum Gasteiger partial charge on any atom is -0.477 e. The second-order valence-corrected chi connectivity index (χ2v) is 18.1. The van der Waals surface area contributed by atoms with Crippen molar-refractivity contribution in [2.45, 2.75) is 193 Å². The van der Waals surface area contributed by atoms with Gasteiger partial charge >= 0.3 is 17.9 Å². The number of esters is 2. The van der Waals surface area contributed by atoms with E-state index >= 15 is 0 Å². The molecule has 0 aromatic carbocycles. The summed E-state index contributed by atoms with van der Waals surface area (Å²) in [5.41, 5.74) is 0. The van der Waals surface area contributed by atoms with Gasteiger partial charge in [-0.15, -0.1) is 0 Å². The smallest absolute Gasteiger partial charge is 0.361 e. The molecule has 0 aliphatic carbocycles. The number of carboxylic acids is 1. The zero-order chi connectivity index (χ0) is 49.2. The molecule has 9 nitrogen and oxygen atoms in total. The average molecular weight is 935 g/mol. The normalized spacial score (nSPS) is 13.7. The molecule has 2 atom stereocenters. The number of allylic oxidation sites excluding steroid dienone is 18. The van der Waals surface area contributed by atoms with Gasteiger partial charge < -0.3 is 28.5 Å². The van der Waals surface area contributed by atoms with Gasteiger partial charge in [-0.2, -0.15) is 0 Å². The highest BCUT2D eigenvalue weighted by atomic mass is 16.7. The van der Waals surface area contributed by atoms with Gasteiger partial charge in [0.15, 0.2) is 6.10 Å². The second kappa shape index (κ2) is 48.4. The summed E-state index contributed by atoms with van der Waals surface area (Å²) in [6, 6.07) is 0. The van der Waals surface area contributed by atoms with Crippen LogP contribution in [0.25, 0.3) is 0 Å². The molecule has 0 aliphatic rings. The Morgan fingerprint density at radius 1 is 0.463 bits per heavy atom. The average Bonchev–Trinajstić information content (AvgIpc) is 3.29. The standard InChI is InChI=1S/C58H95NO8/c1-6-8-10-12-14-16-18-20-22-24-26-27-28-29-31-32-34-36-38-40-42-44-46-48-55(60)65-52-54(53-66-58(57(62)63)64-51-50-59(3,4)5)67-56(61)49-47-45-43-41-39-37-35-33-30-25-23-21-19-17-15-13-11-9-7-2/h9,11,15,17-18,20-21,23-24,26,28-30,33,37,39,43,45,54,58H,6-8,10,12-14,16,19,22,25,27,31-32,34-36,38,40-42,44,46-53H2,1-5H3/p+1/b11-9-,17-15-,20-18-,23-21-,26-24-,29-28-,33-30-,39-37-,45-43-. The molecule has 0 saturated carbocycles. The summed E-state index contributed by atoms with van der Waals surface area (Å²) in [5, 5.41) is 9.67. The van der Waals surface area contributed by atoms with Gasteiger partial charge in [-0.1, -0.05) is 187 Å². The number of carbonyl (C=O) groups is 3. The fourth-order valence-corrected chi connectivity index (χ4v) is 6.51. The van der Waals surface area contributed by atoms with Crippen molar-refractivity contribution >= 4 is 17.9 Å². The Morgan fingerprint density at radius 2 is 0.881 bits per heavy atom. The van der Waals surface area contributed by atoms with E-state index in [9.17, 15) is 19.5 Å². The van der Waals surface area contributed by atoms with Crippen LogP contribution in [0.15, 0.2) is 109 Å². The van der Waals surface area contributed by atoms with Crippen molar-refractivity contribution in [1.82, 2.24) is 0 Å². The lowest BCUT2D eigenvalue weighted by Gasteiger charge is -2.25. The van der Waals surface area contributed by atoms with Crippen LogP contribution in [0.5, 0.6) is 0 Å². The first-order valence-corrected chi connectivity index (χ1v) is 26.1. The van der Waals surface area contributed by atoms with Gasteiger partial charge in [0.05, 0.1) is 34.4 Å². The number of aliphatic carboxylic acids is 1. The number of hydrogen-bond donors (Lipinski definition) is 1. The van der Waals surface area contributed by atoms with Crippen molar-refractivity contribution in [3.63, 3.8) is 0 Å². The third kappa shape index (κ3) is 49.7. The molecule has 67 heavy (non-hydrogen) atoms. The maximum absolute atomic E-state index is 12.8. The van der Waals surface area contributed by atoms with E-state index in [2.05, 4.69) is 111 Å². The van der Waals surface area contributed by atoms with E-state index in [1.165, 1.54) is 64.2 Å². The topological polar surface area (TPSA) is 108 Å². The number of hydrogen-bond acceptors (Lipinski definition) is 7. The Morgan fingerprint density at radius 3 is 1.33 bits per heavy atom. The Bertz CT molecular complexity index is 1460. The Hall–Kier alpha value is -4.05. The van der Waals surface area contributed by atoms with Crippen molar-refractivity contribution in [2.75, 3.05) is 47.5 Å². The molecule has 0 aromatic heterocycles. The molecular weight excluding hydrogens is 839 g/mol. The van der Waals surface area contributed by atoms with Crippen molar-refractivity contribution in [1.29, 1.82) is 0 Å². The third-order valence-electron chi connectivity index (χ3n) is 10.5. The molecule has 0 saturated heterocycles. The van der Waals surface area contributed by atoms with Crippen molar-refractivity contribution in [3.8, 4) is 0 Å². The quantitative estimate of drug-likeness (QED) is 0.0211. The number of ether oxygens (including phenoxy) is 4. The van der Waals surface area contributed by atoms with E-state index < -0.39 is 24.3 Å². The molecule has 0 spiro atoms. The van der Waals surface area contributed by atoms with Crippen LogP contribution in [-0.2, 0) is 33.3 Å². The predicted molar refractivity (Wildman–Crippen MR) is 281 cm³/mol. The van der Waals surface area contributed by atoms with E-state index in [-0.39, 0.29) is 38.6 Å². The largest absolute Gasteiger partial charge is 0.477 e. The van der Waals surface area contributed by atoms with E-state index in [0.29, 0.717) is 17.4 Å². The van der Waals surface area contributed by atoms with Crippen LogP contribution in [0.2, 0.25) is 0 Å². The number of likely N-dealkylation sites (N-methyl/N-ethyl adjacent to an activating group) is 1. The van der Waals surface area contributed by atoms with Crippen LogP contribution in [0.1, 0.15) is 181 Å². The van der Waals surface area contributed by atoms with Crippen LogP contribution in [0.4, 0.5) is 0 Å². The first-order valence-electron chi connectivity index (χ1n) is 26.1. The summed E-state index contributed by atoms with van der Waals surface area (Å²) in [5.74, 6) is -2.14. The minimum absolute atomic E-state index is 0.127. The van der Waals surface area contributed by atoms with E-state index in [1.807, 2.05) is 33.3 Å². The molecule has 0 bridgehead atoms. The molecule has 0 fully saturated rings. The van der Waals surface area contributed by atoms with Gasteiger partial charge in [-0.25, -0.2) is 4.79 Å². The minimum atomic E-state index is -1.54. The molecule has 0 aliphatic heterocycles. The molecular formula is C58H96NO8+. The Kier molecular flexibility index (Phi) is 45.5. The van der Waals surface area contributed by atoms with Gasteiger partial charge in [-0.05, 0) is 89.9 Å². The van der Waals surface area contributed by atoms with Crippen LogP contribution >= 0.6 is 0 Å². The molecule has 9 heteroatoms. The highest BCUT2D eigenvalue weighted by Gasteiger charge is 2.25. The fourth-order valence-electron chi connectivity index (χ4n) is 6.51. The summed E-state index contributed by atoms with van der Waals surface area (Å²) < 4.78 is 22.7. The Labute approximate surface area is 409 Å². The van der Waals surface area contributed by atoms with E-state index in [1.54, 1.807) is 0 Å². The summed E-state index contributed by atoms with van der Waals surface area (Å²) in [6.45, 7) is 4.63. The van der Waals surface area contributed by atoms with Crippen molar-refractivity contribution < 1.29 is 42.9 Å². The Balaban J connectivity index is 4.47. The number of quaternary nitrogens is 1. The third-order valence-corrected chi connectivity index (χ3v) is 10.5. The van der Waals surface area contributed by atoms with Crippen LogP contribution in [-0.4, -0.2) is 87.4 Å². The lowest BCUT2D eigenvalue weighted by molar-refractivity contribution is -0.870. The summed E-state index contributed by atoms with van der Waals surface area (Å²) >= 11 is 0. The highest BCUT2D eigenvalue weighted by molar-refractivity contribution is 5.71. The molecule has 0 rings (SSSR count). The van der Waals surface area contributed by atoms with Crippen molar-refractivity contribution in [2.24, 2.45) is 0 Å². The fraction of sp³-hybridized carbons (Fsp3) is 0.638. The van der Waals surface area contributed by atoms with Crippen LogP contribution < -0.4 is 0 Å². The lowest BCUT2D eigenvalue weighted by atomic mass is 10.1. The zero-order valence-electron chi connectivity index (χ0n) is 43.0.